The van der Waals surface area contributed by atoms with Gasteiger partial charge in [0.05, 0.1) is 6.10 Å². The van der Waals surface area contributed by atoms with Gasteiger partial charge in [0.2, 0.25) is 0 Å². The van der Waals surface area contributed by atoms with E-state index >= 15 is 0 Å². The Morgan fingerprint density at radius 2 is 1.78 bits per heavy atom. The van der Waals surface area contributed by atoms with Crippen LogP contribution in [0, 0.1) is 6.92 Å². The maximum absolute atomic E-state index is 10.2. The molecule has 0 radical (unpaired) electrons. The Hall–Kier alpha value is -0.960. The number of aliphatic hydroxyl groups excluding tert-OH is 1. The van der Waals surface area contributed by atoms with Crippen LogP contribution < -0.4 is 0 Å². The van der Waals surface area contributed by atoms with Crippen molar-refractivity contribution in [1.29, 1.82) is 0 Å². The number of aryl methyl sites for hydroxylation is 1. The highest BCUT2D eigenvalue weighted by Crippen LogP contribution is 2.27. The van der Waals surface area contributed by atoms with Crippen molar-refractivity contribution >= 4 is 23.4 Å². The summed E-state index contributed by atoms with van der Waals surface area (Å²) in [7, 11) is 0. The van der Waals surface area contributed by atoms with Crippen LogP contribution in [0.25, 0.3) is 0 Å². The lowest BCUT2D eigenvalue weighted by atomic mass is 10.1. The monoisotopic (exact) mass is 278 g/mol. The molecule has 94 valence electrons. The summed E-state index contributed by atoms with van der Waals surface area (Å²) in [5.41, 5.74) is 2.13. The molecule has 0 aromatic heterocycles. The zero-order chi connectivity index (χ0) is 13.0. The van der Waals surface area contributed by atoms with Gasteiger partial charge in [-0.1, -0.05) is 35.9 Å². The van der Waals surface area contributed by atoms with E-state index in [4.69, 9.17) is 11.6 Å². The summed E-state index contributed by atoms with van der Waals surface area (Å²) in [5, 5.41) is 10.9. The quantitative estimate of drug-likeness (QED) is 0.833. The molecule has 0 aliphatic rings. The van der Waals surface area contributed by atoms with E-state index < -0.39 is 6.10 Å². The summed E-state index contributed by atoms with van der Waals surface area (Å²) >= 11 is 7.46. The van der Waals surface area contributed by atoms with E-state index in [9.17, 15) is 5.11 Å². The highest BCUT2D eigenvalue weighted by Gasteiger charge is 2.10. The van der Waals surface area contributed by atoms with Crippen LogP contribution in [0.4, 0.5) is 0 Å². The molecule has 0 bridgehead atoms. The molecule has 18 heavy (non-hydrogen) atoms. The molecule has 0 aliphatic heterocycles. The molecular formula is C15H15ClOS. The number of benzene rings is 2. The summed E-state index contributed by atoms with van der Waals surface area (Å²) < 4.78 is 0. The van der Waals surface area contributed by atoms with Crippen molar-refractivity contribution in [2.24, 2.45) is 0 Å². The maximum Gasteiger partial charge on any atom is 0.0886 e. The Balaban J connectivity index is 1.98. The average Bonchev–Trinajstić information content (AvgIpc) is 2.38. The standard InChI is InChI=1S/C15H15ClOS/c1-11-4-2-3-5-14(11)15(17)10-18-13-8-6-12(16)7-9-13/h2-9,15,17H,10H2,1H3. The van der Waals surface area contributed by atoms with Gasteiger partial charge in [0, 0.05) is 15.7 Å². The lowest BCUT2D eigenvalue weighted by molar-refractivity contribution is 0.203. The second kappa shape index (κ2) is 6.28. The molecule has 1 unspecified atom stereocenters. The largest absolute Gasteiger partial charge is 0.388 e. The van der Waals surface area contributed by atoms with Crippen molar-refractivity contribution in [1.82, 2.24) is 0 Å². The summed E-state index contributed by atoms with van der Waals surface area (Å²) in [6, 6.07) is 15.6. The van der Waals surface area contributed by atoms with Crippen LogP contribution in [0.5, 0.6) is 0 Å². The lowest BCUT2D eigenvalue weighted by Crippen LogP contribution is -2.02. The Morgan fingerprint density at radius 3 is 2.44 bits per heavy atom. The molecule has 0 saturated heterocycles. The average molecular weight is 279 g/mol. The second-order valence-corrected chi connectivity index (χ2v) is 5.67. The fourth-order valence-corrected chi connectivity index (χ4v) is 2.74. The van der Waals surface area contributed by atoms with Crippen LogP contribution >= 0.6 is 23.4 Å². The smallest absolute Gasteiger partial charge is 0.0886 e. The zero-order valence-electron chi connectivity index (χ0n) is 10.1. The number of hydrogen-bond acceptors (Lipinski definition) is 2. The van der Waals surface area contributed by atoms with E-state index in [0.29, 0.717) is 5.75 Å². The number of rotatable bonds is 4. The molecule has 2 rings (SSSR count). The summed E-state index contributed by atoms with van der Waals surface area (Å²) in [6.45, 7) is 2.02. The molecule has 0 amide bonds. The van der Waals surface area contributed by atoms with Crippen molar-refractivity contribution < 1.29 is 5.11 Å². The molecule has 0 saturated carbocycles. The highest BCUT2D eigenvalue weighted by atomic mass is 35.5. The normalized spacial score (nSPS) is 12.4. The zero-order valence-corrected chi connectivity index (χ0v) is 11.7. The molecule has 1 nitrogen and oxygen atoms in total. The summed E-state index contributed by atoms with van der Waals surface area (Å²) in [6.07, 6.45) is -0.438. The molecule has 0 heterocycles. The fraction of sp³-hybridized carbons (Fsp3) is 0.200. The van der Waals surface area contributed by atoms with Crippen molar-refractivity contribution in [2.45, 2.75) is 17.9 Å². The molecule has 0 fully saturated rings. The number of hydrogen-bond donors (Lipinski definition) is 1. The fourth-order valence-electron chi connectivity index (χ4n) is 1.76. The molecule has 0 aliphatic carbocycles. The van der Waals surface area contributed by atoms with Crippen molar-refractivity contribution in [2.75, 3.05) is 5.75 Å². The minimum atomic E-state index is -0.438. The first-order valence-electron chi connectivity index (χ1n) is 5.79. The van der Waals surface area contributed by atoms with Crippen LogP contribution in [-0.4, -0.2) is 10.9 Å². The van der Waals surface area contributed by atoms with Gasteiger partial charge in [-0.15, -0.1) is 11.8 Å². The van der Waals surface area contributed by atoms with Crippen molar-refractivity contribution in [3.8, 4) is 0 Å². The van der Waals surface area contributed by atoms with Gasteiger partial charge in [0.25, 0.3) is 0 Å². The summed E-state index contributed by atoms with van der Waals surface area (Å²) in [5.74, 6) is 0.645. The first-order valence-corrected chi connectivity index (χ1v) is 7.15. The Labute approximate surface area is 117 Å². The number of halogens is 1. The number of aliphatic hydroxyl groups is 1. The molecule has 1 N–H and O–H groups in total. The van der Waals surface area contributed by atoms with Crippen LogP contribution in [-0.2, 0) is 0 Å². The highest BCUT2D eigenvalue weighted by molar-refractivity contribution is 7.99. The third-order valence-electron chi connectivity index (χ3n) is 2.77. The Bertz CT molecular complexity index is 510. The van der Waals surface area contributed by atoms with Crippen molar-refractivity contribution in [3.05, 3.63) is 64.7 Å². The second-order valence-electron chi connectivity index (χ2n) is 4.14. The molecular weight excluding hydrogens is 264 g/mol. The first kappa shape index (κ1) is 13.5. The van der Waals surface area contributed by atoms with E-state index in [2.05, 4.69) is 0 Å². The van der Waals surface area contributed by atoms with Gasteiger partial charge < -0.3 is 5.11 Å². The third kappa shape index (κ3) is 3.52. The molecule has 1 atom stereocenters. The minimum Gasteiger partial charge on any atom is -0.388 e. The summed E-state index contributed by atoms with van der Waals surface area (Å²) in [4.78, 5) is 1.12. The van der Waals surface area contributed by atoms with Crippen LogP contribution in [0.2, 0.25) is 5.02 Å². The van der Waals surface area contributed by atoms with Crippen LogP contribution in [0.3, 0.4) is 0 Å². The van der Waals surface area contributed by atoms with E-state index in [1.54, 1.807) is 11.8 Å². The Morgan fingerprint density at radius 1 is 1.11 bits per heavy atom. The molecule has 2 aromatic rings. The van der Waals surface area contributed by atoms with Crippen LogP contribution in [0.1, 0.15) is 17.2 Å². The van der Waals surface area contributed by atoms with Gasteiger partial charge in [-0.2, -0.15) is 0 Å². The molecule has 0 spiro atoms. The van der Waals surface area contributed by atoms with E-state index in [1.807, 2.05) is 55.5 Å². The molecule has 2 aromatic carbocycles. The van der Waals surface area contributed by atoms with Crippen LogP contribution in [0.15, 0.2) is 53.4 Å². The van der Waals surface area contributed by atoms with Gasteiger partial charge in [-0.25, -0.2) is 0 Å². The molecule has 3 heteroatoms. The predicted molar refractivity (Wildman–Crippen MR) is 78.3 cm³/mol. The van der Waals surface area contributed by atoms with Gasteiger partial charge in [0.15, 0.2) is 0 Å². The predicted octanol–water partition coefficient (Wildman–Crippen LogP) is 4.47. The van der Waals surface area contributed by atoms with Gasteiger partial charge in [0.1, 0.15) is 0 Å². The Kier molecular flexibility index (Phi) is 4.70. The SMILES string of the molecule is Cc1ccccc1C(O)CSc1ccc(Cl)cc1. The maximum atomic E-state index is 10.2. The minimum absolute atomic E-state index is 0.438. The van der Waals surface area contributed by atoms with Gasteiger partial charge in [-0.05, 0) is 42.3 Å². The van der Waals surface area contributed by atoms with E-state index in [-0.39, 0.29) is 0 Å². The van der Waals surface area contributed by atoms with Gasteiger partial charge in [-0.3, -0.25) is 0 Å². The van der Waals surface area contributed by atoms with Crippen molar-refractivity contribution in [3.63, 3.8) is 0 Å². The topological polar surface area (TPSA) is 20.2 Å². The van der Waals surface area contributed by atoms with E-state index in [1.165, 1.54) is 0 Å². The lowest BCUT2D eigenvalue weighted by Gasteiger charge is -2.13. The van der Waals surface area contributed by atoms with Gasteiger partial charge >= 0.3 is 0 Å². The number of thioether (sulfide) groups is 1. The third-order valence-corrected chi connectivity index (χ3v) is 4.11. The van der Waals surface area contributed by atoms with E-state index in [0.717, 1.165) is 21.0 Å². The first-order chi connectivity index (χ1) is 8.66.